The van der Waals surface area contributed by atoms with Crippen LogP contribution in [0.1, 0.15) is 12.5 Å². The molecule has 0 bridgehead atoms. The van der Waals surface area contributed by atoms with Crippen LogP contribution in [-0.2, 0) is 0 Å². The lowest BCUT2D eigenvalue weighted by Crippen LogP contribution is -2.31. The van der Waals surface area contributed by atoms with Crippen molar-refractivity contribution in [3.05, 3.63) is 34.3 Å². The number of hydrogen-bond acceptors (Lipinski definition) is 2. The Morgan fingerprint density at radius 3 is 2.77 bits per heavy atom. The van der Waals surface area contributed by atoms with Gasteiger partial charge in [0.05, 0.1) is 0 Å². The van der Waals surface area contributed by atoms with Gasteiger partial charge in [0.1, 0.15) is 5.84 Å². The third-order valence-corrected chi connectivity index (χ3v) is 2.27. The molecule has 1 rings (SSSR count). The number of nitrogens with zero attached hydrogens (tertiary/aromatic N) is 1. The Kier molecular flexibility index (Phi) is 3.92. The largest absolute Gasteiger partial charge is 0.308 e. The molecule has 0 saturated carbocycles. The summed E-state index contributed by atoms with van der Waals surface area (Å²) in [6, 6.07) is 7.81. The highest BCUT2D eigenvalue weighted by molar-refractivity contribution is 9.10. The normalized spacial score (nSPS) is 11.5. The van der Waals surface area contributed by atoms with Crippen LogP contribution in [0.3, 0.4) is 0 Å². The van der Waals surface area contributed by atoms with Gasteiger partial charge in [0.15, 0.2) is 0 Å². The minimum absolute atomic E-state index is 0.704. The van der Waals surface area contributed by atoms with E-state index in [0.29, 0.717) is 12.4 Å². The quantitative estimate of drug-likeness (QED) is 0.359. The Morgan fingerprint density at radius 2 is 2.23 bits per heavy atom. The smallest absolute Gasteiger partial charge is 0.143 e. The van der Waals surface area contributed by atoms with Crippen molar-refractivity contribution >= 4 is 21.8 Å². The fraction of sp³-hybridized carbons (Fsp3) is 0.222. The van der Waals surface area contributed by atoms with E-state index in [4.69, 9.17) is 5.84 Å². The van der Waals surface area contributed by atoms with Gasteiger partial charge in [-0.25, -0.2) is 5.84 Å². The molecule has 0 amide bonds. The highest BCUT2D eigenvalue weighted by Crippen LogP contribution is 2.15. The van der Waals surface area contributed by atoms with E-state index in [1.54, 1.807) is 0 Å². The number of nitrogens with two attached hydrogens (primary N) is 1. The van der Waals surface area contributed by atoms with Gasteiger partial charge in [0, 0.05) is 16.6 Å². The summed E-state index contributed by atoms with van der Waals surface area (Å²) in [6.45, 7) is 2.68. The van der Waals surface area contributed by atoms with E-state index in [-0.39, 0.29) is 0 Å². The first-order valence-electron chi connectivity index (χ1n) is 4.05. The predicted molar refractivity (Wildman–Crippen MR) is 58.5 cm³/mol. The summed E-state index contributed by atoms with van der Waals surface area (Å²) in [5.74, 6) is 6.06. The number of aliphatic imine (C=N–C) groups is 1. The molecule has 70 valence electrons. The molecule has 0 aliphatic heterocycles. The van der Waals surface area contributed by atoms with Crippen molar-refractivity contribution in [2.45, 2.75) is 6.92 Å². The second-order valence-electron chi connectivity index (χ2n) is 2.45. The van der Waals surface area contributed by atoms with Gasteiger partial charge in [0.2, 0.25) is 0 Å². The molecule has 0 radical (unpaired) electrons. The molecular weight excluding hydrogens is 230 g/mol. The van der Waals surface area contributed by atoms with Gasteiger partial charge in [-0.1, -0.05) is 34.1 Å². The van der Waals surface area contributed by atoms with Crippen LogP contribution in [0.5, 0.6) is 0 Å². The second kappa shape index (κ2) is 4.99. The van der Waals surface area contributed by atoms with Crippen LogP contribution in [0.4, 0.5) is 0 Å². The fourth-order valence-electron chi connectivity index (χ4n) is 1.02. The van der Waals surface area contributed by atoms with Gasteiger partial charge in [-0.05, 0) is 13.0 Å². The maximum Gasteiger partial charge on any atom is 0.143 e. The van der Waals surface area contributed by atoms with Crippen molar-refractivity contribution in [3.8, 4) is 0 Å². The maximum atomic E-state index is 5.36. The van der Waals surface area contributed by atoms with Crippen LogP contribution in [0.25, 0.3) is 0 Å². The van der Waals surface area contributed by atoms with E-state index in [9.17, 15) is 0 Å². The van der Waals surface area contributed by atoms with Crippen molar-refractivity contribution in [3.63, 3.8) is 0 Å². The lowest BCUT2D eigenvalue weighted by Gasteiger charge is -2.06. The molecule has 0 aromatic heterocycles. The summed E-state index contributed by atoms with van der Waals surface area (Å²) in [6.07, 6.45) is 0. The number of hydrogen-bond donors (Lipinski definition) is 2. The van der Waals surface area contributed by atoms with E-state index >= 15 is 0 Å². The molecule has 1 aromatic rings. The number of halogens is 1. The summed E-state index contributed by atoms with van der Waals surface area (Å²) in [5, 5.41) is 0. The van der Waals surface area contributed by atoms with Gasteiger partial charge < -0.3 is 5.43 Å². The molecule has 0 unspecified atom stereocenters. The molecule has 0 heterocycles. The first-order chi connectivity index (χ1) is 6.29. The minimum Gasteiger partial charge on any atom is -0.308 e. The first-order valence-corrected chi connectivity index (χ1v) is 4.84. The fourth-order valence-corrected chi connectivity index (χ4v) is 1.49. The second-order valence-corrected chi connectivity index (χ2v) is 3.30. The van der Waals surface area contributed by atoms with Gasteiger partial charge in [-0.2, -0.15) is 0 Å². The Hall–Kier alpha value is -0.870. The summed E-state index contributed by atoms with van der Waals surface area (Å²) >= 11 is 3.43. The molecule has 3 N–H and O–H groups in total. The van der Waals surface area contributed by atoms with Crippen molar-refractivity contribution in [2.24, 2.45) is 10.8 Å². The number of amidine groups is 1. The number of nitrogens with one attached hydrogen (secondary N) is 1. The van der Waals surface area contributed by atoms with Gasteiger partial charge in [-0.3, -0.25) is 4.99 Å². The van der Waals surface area contributed by atoms with Crippen LogP contribution in [0.2, 0.25) is 0 Å². The molecule has 4 heteroatoms. The molecule has 1 aromatic carbocycles. The van der Waals surface area contributed by atoms with Crippen LogP contribution in [0.15, 0.2) is 33.7 Å². The molecule has 0 atom stereocenters. The third kappa shape index (κ3) is 2.54. The highest BCUT2D eigenvalue weighted by atomic mass is 79.9. The topological polar surface area (TPSA) is 50.4 Å². The Bertz CT molecular complexity index is 309. The van der Waals surface area contributed by atoms with E-state index in [2.05, 4.69) is 26.3 Å². The molecule has 0 saturated heterocycles. The summed E-state index contributed by atoms with van der Waals surface area (Å²) in [7, 11) is 0. The lowest BCUT2D eigenvalue weighted by atomic mass is 10.2. The van der Waals surface area contributed by atoms with Gasteiger partial charge in [0.25, 0.3) is 0 Å². The standard InChI is InChI=1S/C9H12BrN3/c1-2-12-9(13-11)7-5-3-4-6-8(7)10/h3-6H,2,11H2,1H3,(H,12,13). The molecule has 0 spiro atoms. The van der Waals surface area contributed by atoms with E-state index in [0.717, 1.165) is 10.0 Å². The zero-order valence-electron chi connectivity index (χ0n) is 7.42. The van der Waals surface area contributed by atoms with E-state index in [1.165, 1.54) is 0 Å². The highest BCUT2D eigenvalue weighted by Gasteiger charge is 2.03. The summed E-state index contributed by atoms with van der Waals surface area (Å²) in [4.78, 5) is 4.22. The summed E-state index contributed by atoms with van der Waals surface area (Å²) < 4.78 is 0.986. The Balaban J connectivity index is 3.05. The average molecular weight is 242 g/mol. The van der Waals surface area contributed by atoms with Crippen molar-refractivity contribution in [1.29, 1.82) is 0 Å². The lowest BCUT2D eigenvalue weighted by molar-refractivity contribution is 0.990. The van der Waals surface area contributed by atoms with Gasteiger partial charge in [-0.15, -0.1) is 0 Å². The predicted octanol–water partition coefficient (Wildman–Crippen LogP) is 1.68. The zero-order chi connectivity index (χ0) is 9.68. The molecule has 0 aliphatic carbocycles. The number of rotatable bonds is 2. The monoisotopic (exact) mass is 241 g/mol. The molecular formula is C9H12BrN3. The van der Waals surface area contributed by atoms with Crippen molar-refractivity contribution in [1.82, 2.24) is 5.43 Å². The number of hydrazine groups is 1. The zero-order valence-corrected chi connectivity index (χ0v) is 9.01. The van der Waals surface area contributed by atoms with E-state index < -0.39 is 0 Å². The van der Waals surface area contributed by atoms with E-state index in [1.807, 2.05) is 31.2 Å². The van der Waals surface area contributed by atoms with Crippen LogP contribution in [0, 0.1) is 0 Å². The SMILES string of the molecule is CCN=C(NN)c1ccccc1Br. The van der Waals surface area contributed by atoms with Crippen molar-refractivity contribution in [2.75, 3.05) is 6.54 Å². The maximum absolute atomic E-state index is 5.36. The molecule has 13 heavy (non-hydrogen) atoms. The molecule has 3 nitrogen and oxygen atoms in total. The molecule has 0 fully saturated rings. The van der Waals surface area contributed by atoms with Crippen LogP contribution in [-0.4, -0.2) is 12.4 Å². The first kappa shape index (κ1) is 10.2. The number of benzene rings is 1. The average Bonchev–Trinajstić information content (AvgIpc) is 2.16. The Labute approximate surface area is 86.1 Å². The van der Waals surface area contributed by atoms with Gasteiger partial charge >= 0.3 is 0 Å². The Morgan fingerprint density at radius 1 is 1.54 bits per heavy atom. The molecule has 0 aliphatic rings. The van der Waals surface area contributed by atoms with Crippen LogP contribution < -0.4 is 11.3 Å². The summed E-state index contributed by atoms with van der Waals surface area (Å²) in [5.41, 5.74) is 3.56. The minimum atomic E-state index is 0.704. The van der Waals surface area contributed by atoms with Crippen molar-refractivity contribution < 1.29 is 0 Å². The third-order valence-electron chi connectivity index (χ3n) is 1.58. The van der Waals surface area contributed by atoms with Crippen LogP contribution >= 0.6 is 15.9 Å².